The molecule has 23 heavy (non-hydrogen) atoms. The van der Waals surface area contributed by atoms with E-state index < -0.39 is 16.0 Å². The van der Waals surface area contributed by atoms with Crippen molar-refractivity contribution in [2.45, 2.75) is 11.8 Å². The van der Waals surface area contributed by atoms with E-state index in [9.17, 15) is 18.0 Å². The fraction of sp³-hybridized carbons (Fsp3) is 0.429. The summed E-state index contributed by atoms with van der Waals surface area (Å²) in [4.78, 5) is 22.6. The third kappa shape index (κ3) is 4.29. The van der Waals surface area contributed by atoms with E-state index in [1.54, 1.807) is 0 Å². The molecule has 9 heteroatoms. The molecule has 0 unspecified atom stereocenters. The minimum absolute atomic E-state index is 0.0135. The zero-order valence-corrected chi connectivity index (χ0v) is 14.0. The minimum atomic E-state index is -3.83. The molecule has 2 rings (SSSR count). The quantitative estimate of drug-likeness (QED) is 0.730. The molecule has 1 heterocycles. The molecule has 0 aromatic heterocycles. The van der Waals surface area contributed by atoms with Crippen LogP contribution in [0.2, 0.25) is 5.02 Å². The molecule has 7 nitrogen and oxygen atoms in total. The number of esters is 1. The lowest BCUT2D eigenvalue weighted by Gasteiger charge is -2.26. The van der Waals surface area contributed by atoms with Crippen molar-refractivity contribution in [3.05, 3.63) is 28.8 Å². The Bertz CT molecular complexity index is 712. The fourth-order valence-electron chi connectivity index (χ4n) is 2.00. The van der Waals surface area contributed by atoms with Crippen LogP contribution in [0.1, 0.15) is 17.3 Å². The molecule has 126 valence electrons. The standard InChI is InChI=1S/C14H16ClNO6S/c1-10(17)9-22-14(18)11-2-3-12(15)13(8-11)23(19,20)16-4-6-21-7-5-16/h2-3,8H,4-7,9H2,1H3. The zero-order chi connectivity index (χ0) is 17.0. The fourth-order valence-corrected chi connectivity index (χ4v) is 3.91. The highest BCUT2D eigenvalue weighted by molar-refractivity contribution is 7.89. The van der Waals surface area contributed by atoms with E-state index in [1.807, 2.05) is 0 Å². The Hall–Kier alpha value is -1.48. The van der Waals surface area contributed by atoms with Crippen molar-refractivity contribution in [3.8, 4) is 0 Å². The van der Waals surface area contributed by atoms with Crippen molar-refractivity contribution in [3.63, 3.8) is 0 Å². The van der Waals surface area contributed by atoms with Crippen LogP contribution >= 0.6 is 11.6 Å². The highest BCUT2D eigenvalue weighted by atomic mass is 35.5. The molecule has 1 aliphatic rings. The predicted octanol–water partition coefficient (Wildman–Crippen LogP) is 1.11. The van der Waals surface area contributed by atoms with E-state index in [1.165, 1.54) is 23.4 Å². The number of carbonyl (C=O) groups excluding carboxylic acids is 2. The number of ketones is 1. The average Bonchev–Trinajstić information content (AvgIpc) is 2.53. The Balaban J connectivity index is 2.29. The first-order valence-electron chi connectivity index (χ1n) is 6.86. The van der Waals surface area contributed by atoms with Gasteiger partial charge in [-0.15, -0.1) is 0 Å². The number of nitrogens with zero attached hydrogens (tertiary/aromatic N) is 1. The van der Waals surface area contributed by atoms with Gasteiger partial charge < -0.3 is 9.47 Å². The van der Waals surface area contributed by atoms with Crippen molar-refractivity contribution in [2.75, 3.05) is 32.9 Å². The van der Waals surface area contributed by atoms with Crippen LogP contribution in [-0.4, -0.2) is 57.4 Å². The summed E-state index contributed by atoms with van der Waals surface area (Å²) in [6, 6.07) is 3.83. The molecule has 0 amide bonds. The van der Waals surface area contributed by atoms with E-state index in [0.29, 0.717) is 13.2 Å². The summed E-state index contributed by atoms with van der Waals surface area (Å²) >= 11 is 5.99. The second-order valence-electron chi connectivity index (χ2n) is 4.94. The number of benzene rings is 1. The molecular formula is C14H16ClNO6S. The van der Waals surface area contributed by atoms with Gasteiger partial charge in [-0.25, -0.2) is 13.2 Å². The van der Waals surface area contributed by atoms with Gasteiger partial charge in [0.1, 0.15) is 11.5 Å². The Morgan fingerprint density at radius 2 is 1.96 bits per heavy atom. The summed E-state index contributed by atoms with van der Waals surface area (Å²) in [6.07, 6.45) is 0. The van der Waals surface area contributed by atoms with Gasteiger partial charge in [-0.1, -0.05) is 11.6 Å². The van der Waals surface area contributed by atoms with Crippen molar-refractivity contribution in [1.29, 1.82) is 0 Å². The third-order valence-electron chi connectivity index (χ3n) is 3.16. The molecule has 0 bridgehead atoms. The van der Waals surface area contributed by atoms with Gasteiger partial charge in [0, 0.05) is 13.1 Å². The van der Waals surface area contributed by atoms with Crippen molar-refractivity contribution in [2.24, 2.45) is 0 Å². The third-order valence-corrected chi connectivity index (χ3v) is 5.54. The van der Waals surface area contributed by atoms with Gasteiger partial charge >= 0.3 is 5.97 Å². The SMILES string of the molecule is CC(=O)COC(=O)c1ccc(Cl)c(S(=O)(=O)N2CCOCC2)c1. The summed E-state index contributed by atoms with van der Waals surface area (Å²) < 4.78 is 36.4. The number of halogens is 1. The molecular weight excluding hydrogens is 346 g/mol. The minimum Gasteiger partial charge on any atom is -0.454 e. The topological polar surface area (TPSA) is 90.0 Å². The van der Waals surface area contributed by atoms with Crippen molar-refractivity contribution in [1.82, 2.24) is 4.31 Å². The Labute approximate surface area is 139 Å². The molecule has 0 spiro atoms. The number of rotatable bonds is 5. The lowest BCUT2D eigenvalue weighted by Crippen LogP contribution is -2.40. The van der Waals surface area contributed by atoms with Crippen LogP contribution in [0, 0.1) is 0 Å². The van der Waals surface area contributed by atoms with Gasteiger partial charge in [-0.3, -0.25) is 4.79 Å². The molecule has 0 radical (unpaired) electrons. The maximum Gasteiger partial charge on any atom is 0.338 e. The summed E-state index contributed by atoms with van der Waals surface area (Å²) in [7, 11) is -3.83. The molecule has 1 saturated heterocycles. The molecule has 0 aliphatic carbocycles. The molecule has 1 aliphatic heterocycles. The Kier molecular flexibility index (Phi) is 5.74. The lowest BCUT2D eigenvalue weighted by atomic mass is 10.2. The summed E-state index contributed by atoms with van der Waals surface area (Å²) in [5.74, 6) is -1.09. The van der Waals surface area contributed by atoms with Crippen molar-refractivity contribution < 1.29 is 27.5 Å². The summed E-state index contributed by atoms with van der Waals surface area (Å²) in [6.45, 7) is 1.96. The van der Waals surface area contributed by atoms with Gasteiger partial charge in [-0.2, -0.15) is 4.31 Å². The van der Waals surface area contributed by atoms with Gasteiger partial charge in [0.2, 0.25) is 10.0 Å². The van der Waals surface area contributed by atoms with Crippen LogP contribution in [0.15, 0.2) is 23.1 Å². The van der Waals surface area contributed by atoms with Gasteiger partial charge in [0.25, 0.3) is 0 Å². The van der Waals surface area contributed by atoms with Crippen LogP contribution in [0.25, 0.3) is 0 Å². The predicted molar refractivity (Wildman–Crippen MR) is 82.0 cm³/mol. The Morgan fingerprint density at radius 3 is 2.57 bits per heavy atom. The van der Waals surface area contributed by atoms with E-state index in [0.717, 1.165) is 6.07 Å². The zero-order valence-electron chi connectivity index (χ0n) is 12.5. The smallest absolute Gasteiger partial charge is 0.338 e. The maximum absolute atomic E-state index is 12.6. The monoisotopic (exact) mass is 361 g/mol. The first-order chi connectivity index (χ1) is 10.8. The van der Waals surface area contributed by atoms with Crippen LogP contribution in [0.5, 0.6) is 0 Å². The number of morpholine rings is 1. The molecule has 0 atom stereocenters. The highest BCUT2D eigenvalue weighted by Gasteiger charge is 2.29. The maximum atomic E-state index is 12.6. The van der Waals surface area contributed by atoms with Crippen molar-refractivity contribution >= 4 is 33.4 Å². The van der Waals surface area contributed by atoms with E-state index in [2.05, 4.69) is 0 Å². The average molecular weight is 362 g/mol. The molecule has 0 N–H and O–H groups in total. The number of Topliss-reactive ketones (excluding diaryl/α,β-unsaturated/α-hetero) is 1. The number of ether oxygens (including phenoxy) is 2. The van der Waals surface area contributed by atoms with Gasteiger partial charge in [0.05, 0.1) is 23.8 Å². The van der Waals surface area contributed by atoms with Gasteiger partial charge in [0.15, 0.2) is 5.78 Å². The van der Waals surface area contributed by atoms with Crippen LogP contribution in [0.4, 0.5) is 0 Å². The normalized spacial score (nSPS) is 16.1. The van der Waals surface area contributed by atoms with Crippen LogP contribution < -0.4 is 0 Å². The number of sulfonamides is 1. The largest absolute Gasteiger partial charge is 0.454 e. The second-order valence-corrected chi connectivity index (χ2v) is 7.25. The number of hydrogen-bond donors (Lipinski definition) is 0. The summed E-state index contributed by atoms with van der Waals surface area (Å²) in [5, 5.41) is 0.0135. The number of hydrogen-bond acceptors (Lipinski definition) is 6. The van der Waals surface area contributed by atoms with Crippen LogP contribution in [0.3, 0.4) is 0 Å². The first kappa shape index (κ1) is 17.9. The summed E-state index contributed by atoms with van der Waals surface area (Å²) in [5.41, 5.74) is 0.0162. The molecule has 0 saturated carbocycles. The molecule has 1 aromatic carbocycles. The van der Waals surface area contributed by atoms with E-state index in [-0.39, 0.29) is 41.0 Å². The molecule has 1 fully saturated rings. The van der Waals surface area contributed by atoms with E-state index >= 15 is 0 Å². The van der Waals surface area contributed by atoms with E-state index in [4.69, 9.17) is 21.1 Å². The van der Waals surface area contributed by atoms with Gasteiger partial charge in [-0.05, 0) is 25.1 Å². The first-order valence-corrected chi connectivity index (χ1v) is 8.68. The number of carbonyl (C=O) groups is 2. The highest BCUT2D eigenvalue weighted by Crippen LogP contribution is 2.26. The molecule has 1 aromatic rings. The lowest BCUT2D eigenvalue weighted by molar-refractivity contribution is -0.120. The Morgan fingerprint density at radius 1 is 1.30 bits per heavy atom. The second kappa shape index (κ2) is 7.39. The van der Waals surface area contributed by atoms with Crippen LogP contribution in [-0.2, 0) is 24.3 Å².